The number of carbonyl (C=O) groups excluding carboxylic acids is 3. The van der Waals surface area contributed by atoms with Gasteiger partial charge in [-0.05, 0) is 44.3 Å². The molecule has 0 bridgehead atoms. The molecule has 0 radical (unpaired) electrons. The number of alkyl carbamates (subject to hydrolysis) is 1. The first-order valence-corrected chi connectivity index (χ1v) is 11.5. The van der Waals surface area contributed by atoms with Crippen molar-refractivity contribution in [2.24, 2.45) is 17.8 Å². The largest absolute Gasteiger partial charge is 0.450 e. The van der Waals surface area contributed by atoms with Crippen molar-refractivity contribution in [2.45, 2.75) is 69.1 Å². The van der Waals surface area contributed by atoms with Crippen LogP contribution in [0.15, 0.2) is 0 Å². The molecule has 0 aromatic heterocycles. The Labute approximate surface area is 177 Å². The Morgan fingerprint density at radius 2 is 1.83 bits per heavy atom. The van der Waals surface area contributed by atoms with Crippen molar-refractivity contribution in [3.63, 3.8) is 0 Å². The molecule has 0 aromatic rings. The van der Waals surface area contributed by atoms with Crippen LogP contribution in [0.2, 0.25) is 0 Å². The minimum absolute atomic E-state index is 0.122. The number of ether oxygens (including phenoxy) is 1. The van der Waals surface area contributed by atoms with Crippen LogP contribution in [0.25, 0.3) is 0 Å². The predicted molar refractivity (Wildman–Crippen MR) is 104 cm³/mol. The van der Waals surface area contributed by atoms with Crippen LogP contribution in [0.3, 0.4) is 0 Å². The van der Waals surface area contributed by atoms with Gasteiger partial charge in [-0.1, -0.05) is 12.8 Å². The lowest BCUT2D eigenvalue weighted by molar-refractivity contribution is -0.174. The highest BCUT2D eigenvalue weighted by molar-refractivity contribution is 8.00. The van der Waals surface area contributed by atoms with Gasteiger partial charge in [0.1, 0.15) is 6.04 Å². The zero-order valence-corrected chi connectivity index (χ0v) is 17.6. The number of thioether (sulfide) groups is 1. The molecule has 1 aliphatic carbocycles. The van der Waals surface area contributed by atoms with Gasteiger partial charge in [-0.25, -0.2) is 4.79 Å². The number of alkyl halides is 3. The van der Waals surface area contributed by atoms with Crippen LogP contribution < -0.4 is 16.0 Å². The monoisotopic (exact) mass is 451 g/mol. The number of rotatable bonds is 4. The topological polar surface area (TPSA) is 96.5 Å². The lowest BCUT2D eigenvalue weighted by Gasteiger charge is -2.45. The van der Waals surface area contributed by atoms with E-state index in [-0.39, 0.29) is 25.0 Å². The van der Waals surface area contributed by atoms with Gasteiger partial charge in [0.05, 0.1) is 17.9 Å². The summed E-state index contributed by atoms with van der Waals surface area (Å²) in [4.78, 5) is 36.9. The van der Waals surface area contributed by atoms with Crippen LogP contribution in [0.4, 0.5) is 18.0 Å². The summed E-state index contributed by atoms with van der Waals surface area (Å²) in [6.07, 6.45) is -2.01. The molecule has 30 heavy (non-hydrogen) atoms. The quantitative estimate of drug-likeness (QED) is 0.608. The number of fused-ring (bicyclic) bond motifs is 1. The van der Waals surface area contributed by atoms with Crippen molar-refractivity contribution in [1.29, 1.82) is 0 Å². The first-order chi connectivity index (χ1) is 14.2. The molecule has 170 valence electrons. The van der Waals surface area contributed by atoms with E-state index < -0.39 is 47.3 Å². The van der Waals surface area contributed by atoms with Crippen LogP contribution in [-0.2, 0) is 14.3 Å². The van der Waals surface area contributed by atoms with Crippen LogP contribution in [0, 0.1) is 17.8 Å². The molecule has 3 N–H and O–H groups in total. The molecule has 6 atom stereocenters. The van der Waals surface area contributed by atoms with E-state index in [1.807, 2.05) is 0 Å². The van der Waals surface area contributed by atoms with E-state index in [1.54, 1.807) is 6.92 Å². The first kappa shape index (κ1) is 23.2. The Kier molecular flexibility index (Phi) is 7.54. The van der Waals surface area contributed by atoms with Crippen molar-refractivity contribution in [2.75, 3.05) is 12.4 Å². The number of nitrogens with one attached hydrogen (secondary N) is 3. The molecule has 3 fully saturated rings. The van der Waals surface area contributed by atoms with Crippen molar-refractivity contribution in [3.8, 4) is 0 Å². The highest BCUT2D eigenvalue weighted by atomic mass is 32.2. The highest BCUT2D eigenvalue weighted by Crippen LogP contribution is 2.41. The molecule has 11 heteroatoms. The summed E-state index contributed by atoms with van der Waals surface area (Å²) >= 11 is 1.36. The van der Waals surface area contributed by atoms with Gasteiger partial charge in [-0.2, -0.15) is 13.2 Å². The summed E-state index contributed by atoms with van der Waals surface area (Å²) < 4.78 is 44.9. The fourth-order valence-corrected chi connectivity index (χ4v) is 6.08. The average Bonchev–Trinajstić information content (AvgIpc) is 3.14. The van der Waals surface area contributed by atoms with Gasteiger partial charge in [-0.15, -0.1) is 11.8 Å². The highest BCUT2D eigenvalue weighted by Gasteiger charge is 2.51. The molecule has 1 saturated carbocycles. The lowest BCUT2D eigenvalue weighted by Crippen LogP contribution is -2.60. The van der Waals surface area contributed by atoms with E-state index in [1.165, 1.54) is 11.8 Å². The molecule has 0 spiro atoms. The Morgan fingerprint density at radius 1 is 1.10 bits per heavy atom. The van der Waals surface area contributed by atoms with Crippen molar-refractivity contribution < 1.29 is 32.3 Å². The summed E-state index contributed by atoms with van der Waals surface area (Å²) in [6, 6.07) is -2.03. The maximum absolute atomic E-state index is 13.4. The third kappa shape index (κ3) is 5.40. The molecule has 0 aromatic carbocycles. The Bertz CT molecular complexity index is 663. The molecular weight excluding hydrogens is 423 g/mol. The maximum Gasteiger partial charge on any atom is 0.413 e. The molecule has 2 aliphatic heterocycles. The number of halogens is 3. The molecule has 7 nitrogen and oxygen atoms in total. The van der Waals surface area contributed by atoms with E-state index in [2.05, 4.69) is 16.0 Å². The predicted octanol–water partition coefficient (Wildman–Crippen LogP) is 2.55. The van der Waals surface area contributed by atoms with Crippen molar-refractivity contribution >= 4 is 29.7 Å². The van der Waals surface area contributed by atoms with Gasteiger partial charge in [0.15, 0.2) is 0 Å². The minimum atomic E-state index is -4.41. The van der Waals surface area contributed by atoms with E-state index in [0.717, 1.165) is 12.8 Å². The number of hydrogen-bond donors (Lipinski definition) is 3. The van der Waals surface area contributed by atoms with Gasteiger partial charge in [-0.3, -0.25) is 14.9 Å². The summed E-state index contributed by atoms with van der Waals surface area (Å²) in [6.45, 7) is 1.74. The fraction of sp³-hybridized carbons (Fsp3) is 0.842. The average molecular weight is 452 g/mol. The smallest absolute Gasteiger partial charge is 0.413 e. The van der Waals surface area contributed by atoms with Crippen LogP contribution in [-0.4, -0.2) is 53.9 Å². The van der Waals surface area contributed by atoms with E-state index >= 15 is 0 Å². The molecule has 6 unspecified atom stereocenters. The standard InChI is InChI=1S/C19H28F3N3O4S/c1-2-29-18(28)25-15(26)11-7-8-30-17(11)24-16(27)12-9-14(19(20,21)22)23-13-6-4-3-5-10(12)13/h10-14,17,23H,2-9H2,1H3,(H,24,27)(H,25,26,28). The summed E-state index contributed by atoms with van der Waals surface area (Å²) in [5.74, 6) is -1.90. The first-order valence-electron chi connectivity index (χ1n) is 10.4. The molecule has 2 heterocycles. The van der Waals surface area contributed by atoms with Crippen LogP contribution in [0.5, 0.6) is 0 Å². The zero-order valence-electron chi connectivity index (χ0n) is 16.8. The number of carbonyl (C=O) groups is 3. The molecule has 2 saturated heterocycles. The van der Waals surface area contributed by atoms with Crippen LogP contribution >= 0.6 is 11.8 Å². The van der Waals surface area contributed by atoms with E-state index in [4.69, 9.17) is 4.74 Å². The van der Waals surface area contributed by atoms with Gasteiger partial charge in [0.25, 0.3) is 0 Å². The SMILES string of the molecule is CCOC(=O)NC(=O)C1CCSC1NC(=O)C1CC(C(F)(F)F)NC2CCCCC21. The summed E-state index contributed by atoms with van der Waals surface area (Å²) in [5.41, 5.74) is 0. The second kappa shape index (κ2) is 9.76. The number of imide groups is 1. The lowest BCUT2D eigenvalue weighted by atomic mass is 9.70. The molecule has 3 amide bonds. The molecule has 3 rings (SSSR count). The molecular formula is C19H28F3N3O4S. The third-order valence-corrected chi connectivity index (χ3v) is 7.46. The Hall–Kier alpha value is -1.49. The second-order valence-electron chi connectivity index (χ2n) is 8.06. The van der Waals surface area contributed by atoms with Gasteiger partial charge in [0, 0.05) is 12.0 Å². The van der Waals surface area contributed by atoms with Crippen molar-refractivity contribution in [3.05, 3.63) is 0 Å². The number of hydrogen-bond acceptors (Lipinski definition) is 6. The third-order valence-electron chi connectivity index (χ3n) is 6.19. The van der Waals surface area contributed by atoms with Gasteiger partial charge >= 0.3 is 12.3 Å². The maximum atomic E-state index is 13.4. The summed E-state index contributed by atoms with van der Waals surface area (Å²) in [5, 5.41) is 7.09. The molecule has 3 aliphatic rings. The fourth-order valence-electron chi connectivity index (χ4n) is 4.74. The Balaban J connectivity index is 1.66. The second-order valence-corrected chi connectivity index (χ2v) is 9.31. The number of amides is 3. The van der Waals surface area contributed by atoms with Gasteiger partial charge in [0.2, 0.25) is 11.8 Å². The van der Waals surface area contributed by atoms with Gasteiger partial charge < -0.3 is 15.4 Å². The van der Waals surface area contributed by atoms with Crippen molar-refractivity contribution in [1.82, 2.24) is 16.0 Å². The number of piperidine rings is 1. The zero-order chi connectivity index (χ0) is 21.9. The normalized spacial score (nSPS) is 34.0. The minimum Gasteiger partial charge on any atom is -0.450 e. The Morgan fingerprint density at radius 3 is 2.53 bits per heavy atom. The van der Waals surface area contributed by atoms with E-state index in [0.29, 0.717) is 25.0 Å². The van der Waals surface area contributed by atoms with Crippen LogP contribution in [0.1, 0.15) is 45.4 Å². The summed E-state index contributed by atoms with van der Waals surface area (Å²) in [7, 11) is 0. The van der Waals surface area contributed by atoms with E-state index in [9.17, 15) is 27.6 Å².